The highest BCUT2D eigenvalue weighted by molar-refractivity contribution is 5.97. The first-order valence-corrected chi connectivity index (χ1v) is 9.40. The number of hydrogen-bond acceptors (Lipinski definition) is 5. The summed E-state index contributed by atoms with van der Waals surface area (Å²) < 4.78 is 1.88. The normalized spacial score (nSPS) is 10.8. The Morgan fingerprint density at radius 1 is 1.13 bits per heavy atom. The molecule has 4 rings (SSSR count). The molecule has 1 amide bonds. The Kier molecular flexibility index (Phi) is 5.21. The van der Waals surface area contributed by atoms with Crippen molar-refractivity contribution in [1.29, 1.82) is 0 Å². The van der Waals surface area contributed by atoms with Crippen molar-refractivity contribution in [3.05, 3.63) is 99.6 Å². The topological polar surface area (TPSA) is 103 Å². The molecule has 0 fully saturated rings. The molecule has 8 nitrogen and oxygen atoms in total. The summed E-state index contributed by atoms with van der Waals surface area (Å²) in [5.74, 6) is 0.493. The molecule has 2 aromatic heterocycles. The Bertz CT molecular complexity index is 1230. The van der Waals surface area contributed by atoms with Gasteiger partial charge in [0.05, 0.1) is 34.7 Å². The number of carbonyl (C=O) groups is 1. The van der Waals surface area contributed by atoms with E-state index in [9.17, 15) is 14.9 Å². The lowest BCUT2D eigenvalue weighted by Gasteiger charge is -2.09. The van der Waals surface area contributed by atoms with Crippen molar-refractivity contribution in [3.8, 4) is 0 Å². The monoisotopic (exact) mass is 401 g/mol. The van der Waals surface area contributed by atoms with Crippen LogP contribution in [-0.2, 0) is 13.1 Å². The van der Waals surface area contributed by atoms with Crippen molar-refractivity contribution < 1.29 is 9.72 Å². The molecule has 2 aromatic carbocycles. The van der Waals surface area contributed by atoms with E-state index in [0.29, 0.717) is 30.0 Å². The average Bonchev–Trinajstić information content (AvgIpc) is 3.07. The zero-order valence-corrected chi connectivity index (χ0v) is 16.3. The molecule has 0 saturated heterocycles. The molecule has 0 bridgehead atoms. The number of aromatic nitrogens is 3. The van der Waals surface area contributed by atoms with Crippen LogP contribution in [0.15, 0.2) is 66.9 Å². The van der Waals surface area contributed by atoms with Crippen LogP contribution in [0, 0.1) is 17.0 Å². The number of carbonyl (C=O) groups excluding carboxylic acids is 1. The van der Waals surface area contributed by atoms with Crippen LogP contribution in [0.1, 0.15) is 27.4 Å². The van der Waals surface area contributed by atoms with Gasteiger partial charge in [0, 0.05) is 23.4 Å². The molecule has 2 heterocycles. The van der Waals surface area contributed by atoms with Gasteiger partial charge in [-0.25, -0.2) is 4.98 Å². The third-order valence-electron chi connectivity index (χ3n) is 4.87. The predicted molar refractivity (Wildman–Crippen MR) is 112 cm³/mol. The lowest BCUT2D eigenvalue weighted by atomic mass is 10.1. The molecular weight excluding hydrogens is 382 g/mol. The molecule has 8 heteroatoms. The average molecular weight is 401 g/mol. The van der Waals surface area contributed by atoms with Crippen molar-refractivity contribution >= 4 is 22.6 Å². The van der Waals surface area contributed by atoms with Gasteiger partial charge in [0.15, 0.2) is 0 Å². The third kappa shape index (κ3) is 3.88. The second kappa shape index (κ2) is 8.12. The van der Waals surface area contributed by atoms with Crippen LogP contribution in [-0.4, -0.2) is 25.4 Å². The summed E-state index contributed by atoms with van der Waals surface area (Å²) in [4.78, 5) is 32.3. The number of para-hydroxylation sites is 1. The minimum Gasteiger partial charge on any atom is -0.346 e. The number of nitrogens with one attached hydrogen (secondary N) is 1. The van der Waals surface area contributed by atoms with Gasteiger partial charge in [-0.2, -0.15) is 0 Å². The minimum atomic E-state index is -0.389. The lowest BCUT2D eigenvalue weighted by molar-refractivity contribution is -0.385. The highest BCUT2D eigenvalue weighted by atomic mass is 16.6. The number of amides is 1. The van der Waals surface area contributed by atoms with E-state index in [-0.39, 0.29) is 16.5 Å². The maximum atomic E-state index is 12.6. The standard InChI is InChI=1S/C22H19N5O3/c1-15-25-19-10-9-16(22(28)24-13-18-7-4-5-11-23-18)12-21(19)26(15)14-17-6-2-3-8-20(17)27(29)30/h2-12H,13-14H2,1H3,(H,24,28). The highest BCUT2D eigenvalue weighted by Crippen LogP contribution is 2.23. The summed E-state index contributed by atoms with van der Waals surface area (Å²) in [5, 5.41) is 14.2. The second-order valence-electron chi connectivity index (χ2n) is 6.84. The van der Waals surface area contributed by atoms with Crippen molar-refractivity contribution in [3.63, 3.8) is 0 Å². The molecule has 150 valence electrons. The first-order chi connectivity index (χ1) is 14.5. The Labute approximate surface area is 172 Å². The summed E-state index contributed by atoms with van der Waals surface area (Å²) in [5.41, 5.74) is 3.37. The van der Waals surface area contributed by atoms with E-state index in [1.54, 1.807) is 42.6 Å². The van der Waals surface area contributed by atoms with E-state index in [1.165, 1.54) is 6.07 Å². The molecule has 4 aromatic rings. The van der Waals surface area contributed by atoms with Crippen molar-refractivity contribution in [1.82, 2.24) is 19.9 Å². The molecule has 0 aliphatic carbocycles. The Morgan fingerprint density at radius 3 is 2.70 bits per heavy atom. The van der Waals surface area contributed by atoms with Crippen molar-refractivity contribution in [2.24, 2.45) is 0 Å². The van der Waals surface area contributed by atoms with Gasteiger partial charge in [-0.15, -0.1) is 0 Å². The second-order valence-corrected chi connectivity index (χ2v) is 6.84. The van der Waals surface area contributed by atoms with Gasteiger partial charge in [-0.05, 0) is 37.3 Å². The fraction of sp³-hybridized carbons (Fsp3) is 0.136. The molecule has 0 unspecified atom stereocenters. The number of fused-ring (bicyclic) bond motifs is 1. The summed E-state index contributed by atoms with van der Waals surface area (Å²) in [6.07, 6.45) is 1.68. The minimum absolute atomic E-state index is 0.0583. The van der Waals surface area contributed by atoms with E-state index >= 15 is 0 Å². The number of aryl methyl sites for hydroxylation is 1. The molecule has 0 aliphatic heterocycles. The van der Waals surface area contributed by atoms with Crippen molar-refractivity contribution in [2.75, 3.05) is 0 Å². The van der Waals surface area contributed by atoms with Crippen LogP contribution in [0.3, 0.4) is 0 Å². The van der Waals surface area contributed by atoms with Crippen LogP contribution in [0.5, 0.6) is 0 Å². The van der Waals surface area contributed by atoms with Gasteiger partial charge in [-0.1, -0.05) is 24.3 Å². The van der Waals surface area contributed by atoms with Crippen LogP contribution in [0.25, 0.3) is 11.0 Å². The zero-order chi connectivity index (χ0) is 21.1. The fourth-order valence-electron chi connectivity index (χ4n) is 3.35. The number of nitro groups is 1. The molecule has 0 radical (unpaired) electrons. The Morgan fingerprint density at radius 2 is 1.93 bits per heavy atom. The molecule has 1 N–H and O–H groups in total. The van der Waals surface area contributed by atoms with Gasteiger partial charge < -0.3 is 9.88 Å². The van der Waals surface area contributed by atoms with E-state index in [2.05, 4.69) is 15.3 Å². The number of hydrogen-bond donors (Lipinski definition) is 1. The number of imidazole rings is 1. The predicted octanol–water partition coefficient (Wildman–Crippen LogP) is 3.63. The van der Waals surface area contributed by atoms with Crippen LogP contribution in [0.4, 0.5) is 5.69 Å². The van der Waals surface area contributed by atoms with Gasteiger partial charge in [-0.3, -0.25) is 19.9 Å². The van der Waals surface area contributed by atoms with Crippen LogP contribution in [0.2, 0.25) is 0 Å². The number of nitro benzene ring substituents is 1. The lowest BCUT2D eigenvalue weighted by Crippen LogP contribution is -2.23. The van der Waals surface area contributed by atoms with E-state index in [1.807, 2.05) is 29.7 Å². The first kappa shape index (κ1) is 19.3. The SMILES string of the molecule is Cc1nc2ccc(C(=O)NCc3ccccn3)cc2n1Cc1ccccc1[N+](=O)[O-]. The largest absolute Gasteiger partial charge is 0.346 e. The Hall–Kier alpha value is -4.07. The fourth-order valence-corrected chi connectivity index (χ4v) is 3.35. The van der Waals surface area contributed by atoms with Crippen molar-refractivity contribution in [2.45, 2.75) is 20.0 Å². The number of pyridine rings is 1. The third-order valence-corrected chi connectivity index (χ3v) is 4.87. The molecular formula is C22H19N5O3. The Balaban J connectivity index is 1.63. The van der Waals surface area contributed by atoms with Gasteiger partial charge >= 0.3 is 0 Å². The summed E-state index contributed by atoms with van der Waals surface area (Å²) in [6, 6.07) is 17.4. The smallest absolute Gasteiger partial charge is 0.274 e. The summed E-state index contributed by atoms with van der Waals surface area (Å²) in [6.45, 7) is 2.46. The first-order valence-electron chi connectivity index (χ1n) is 9.40. The number of benzene rings is 2. The summed E-state index contributed by atoms with van der Waals surface area (Å²) >= 11 is 0. The molecule has 0 saturated carbocycles. The molecule has 30 heavy (non-hydrogen) atoms. The maximum Gasteiger partial charge on any atom is 0.274 e. The van der Waals surface area contributed by atoms with Gasteiger partial charge in [0.2, 0.25) is 0 Å². The maximum absolute atomic E-state index is 12.6. The van der Waals surface area contributed by atoms with Crippen LogP contribution >= 0.6 is 0 Å². The molecule has 0 aliphatic rings. The molecule has 0 atom stereocenters. The zero-order valence-electron chi connectivity index (χ0n) is 16.3. The van der Waals surface area contributed by atoms with Gasteiger partial charge in [0.1, 0.15) is 5.82 Å². The number of rotatable bonds is 6. The number of nitrogens with zero attached hydrogens (tertiary/aromatic N) is 4. The molecule has 0 spiro atoms. The summed E-state index contributed by atoms with van der Waals surface area (Å²) in [7, 11) is 0. The quantitative estimate of drug-likeness (QED) is 0.393. The van der Waals surface area contributed by atoms with Crippen LogP contribution < -0.4 is 5.32 Å². The van der Waals surface area contributed by atoms with E-state index in [0.717, 1.165) is 16.7 Å². The van der Waals surface area contributed by atoms with Gasteiger partial charge in [0.25, 0.3) is 11.6 Å². The van der Waals surface area contributed by atoms with E-state index < -0.39 is 0 Å². The highest BCUT2D eigenvalue weighted by Gasteiger charge is 2.17. The van der Waals surface area contributed by atoms with E-state index in [4.69, 9.17) is 0 Å².